The summed E-state index contributed by atoms with van der Waals surface area (Å²) in [5, 5.41) is 8.45. The van der Waals surface area contributed by atoms with Crippen LogP contribution in [0.1, 0.15) is 26.3 Å². The van der Waals surface area contributed by atoms with E-state index in [0.29, 0.717) is 0 Å². The van der Waals surface area contributed by atoms with Crippen molar-refractivity contribution in [1.29, 1.82) is 0 Å². The number of nitrogens with one attached hydrogen (secondary N) is 1. The summed E-state index contributed by atoms with van der Waals surface area (Å²) in [7, 11) is 0. The van der Waals surface area contributed by atoms with Gasteiger partial charge in [-0.1, -0.05) is 51.1 Å². The first kappa shape index (κ1) is 12.7. The second kappa shape index (κ2) is 4.37. The highest BCUT2D eigenvalue weighted by atomic mass is 15.1. The second-order valence-corrected chi connectivity index (χ2v) is 6.17. The summed E-state index contributed by atoms with van der Waals surface area (Å²) in [6.45, 7) is 6.64. The molecular formula is C17H19N3. The molecule has 0 aliphatic heterocycles. The summed E-state index contributed by atoms with van der Waals surface area (Å²) >= 11 is 0. The van der Waals surface area contributed by atoms with E-state index in [1.807, 2.05) is 18.2 Å². The molecule has 1 heterocycles. The third kappa shape index (κ3) is 2.05. The smallest absolute Gasteiger partial charge is 0.102 e. The first-order valence-electron chi connectivity index (χ1n) is 6.80. The number of hydrogen-bond acceptors (Lipinski definition) is 2. The Bertz CT molecular complexity index is 746. The number of nitrogens with two attached hydrogens (primary N) is 1. The zero-order valence-corrected chi connectivity index (χ0v) is 12.1. The van der Waals surface area contributed by atoms with Crippen LogP contribution in [-0.2, 0) is 5.41 Å². The van der Waals surface area contributed by atoms with Gasteiger partial charge in [0.2, 0.25) is 0 Å². The number of anilines is 1. The topological polar surface area (TPSA) is 54.7 Å². The summed E-state index contributed by atoms with van der Waals surface area (Å²) in [6, 6.07) is 14.4. The minimum Gasteiger partial charge on any atom is -0.398 e. The van der Waals surface area contributed by atoms with Crippen LogP contribution in [0.5, 0.6) is 0 Å². The van der Waals surface area contributed by atoms with Crippen molar-refractivity contribution in [2.24, 2.45) is 0 Å². The van der Waals surface area contributed by atoms with Crippen LogP contribution < -0.4 is 5.73 Å². The maximum Gasteiger partial charge on any atom is 0.102 e. The first-order valence-corrected chi connectivity index (χ1v) is 6.80. The van der Waals surface area contributed by atoms with Gasteiger partial charge in [-0.05, 0) is 23.1 Å². The van der Waals surface area contributed by atoms with Crippen LogP contribution in [0.2, 0.25) is 0 Å². The second-order valence-electron chi connectivity index (χ2n) is 6.17. The highest BCUT2D eigenvalue weighted by Gasteiger charge is 2.15. The van der Waals surface area contributed by atoms with Gasteiger partial charge in [-0.25, -0.2) is 0 Å². The minimum absolute atomic E-state index is 0.158. The zero-order valence-electron chi connectivity index (χ0n) is 12.1. The third-order valence-corrected chi connectivity index (χ3v) is 3.65. The van der Waals surface area contributed by atoms with E-state index in [1.54, 1.807) is 0 Å². The molecule has 20 heavy (non-hydrogen) atoms. The number of benzene rings is 2. The lowest BCUT2D eigenvalue weighted by Gasteiger charge is -2.19. The van der Waals surface area contributed by atoms with Gasteiger partial charge in [0.1, 0.15) is 5.69 Å². The van der Waals surface area contributed by atoms with Gasteiger partial charge in [-0.3, -0.25) is 5.10 Å². The van der Waals surface area contributed by atoms with Gasteiger partial charge < -0.3 is 5.73 Å². The molecule has 3 aromatic rings. The molecule has 0 spiro atoms. The van der Waals surface area contributed by atoms with Gasteiger partial charge in [0.15, 0.2) is 0 Å². The van der Waals surface area contributed by atoms with E-state index >= 15 is 0 Å². The van der Waals surface area contributed by atoms with Crippen molar-refractivity contribution in [3.8, 4) is 11.3 Å². The summed E-state index contributed by atoms with van der Waals surface area (Å²) in [5.41, 5.74) is 11.3. The van der Waals surface area contributed by atoms with Gasteiger partial charge in [0.25, 0.3) is 0 Å². The fourth-order valence-electron chi connectivity index (χ4n) is 2.44. The Morgan fingerprint density at radius 1 is 1.00 bits per heavy atom. The number of nitrogens with zero attached hydrogens (tertiary/aromatic N) is 1. The molecule has 0 aliphatic rings. The standard InChI is InChI=1S/C17H19N3/c1-17(2,3)12-9-7-11(8-10-12)16-15-13(18)5-4-6-14(15)19-20-16/h4-10H,18H2,1-3H3,(H,19,20). The van der Waals surface area contributed by atoms with E-state index in [0.717, 1.165) is 27.8 Å². The van der Waals surface area contributed by atoms with Crippen molar-refractivity contribution < 1.29 is 0 Å². The number of H-pyrrole nitrogens is 1. The molecule has 0 amide bonds. The van der Waals surface area contributed by atoms with Gasteiger partial charge in [-0.2, -0.15) is 5.10 Å². The predicted molar refractivity (Wildman–Crippen MR) is 84.6 cm³/mol. The molecule has 0 radical (unpaired) electrons. The first-order chi connectivity index (χ1) is 9.47. The Balaban J connectivity index is 2.12. The highest BCUT2D eigenvalue weighted by Crippen LogP contribution is 2.32. The van der Waals surface area contributed by atoms with E-state index in [-0.39, 0.29) is 5.41 Å². The van der Waals surface area contributed by atoms with E-state index < -0.39 is 0 Å². The van der Waals surface area contributed by atoms with Gasteiger partial charge in [0.05, 0.1) is 10.9 Å². The quantitative estimate of drug-likeness (QED) is 0.650. The molecule has 3 nitrogen and oxygen atoms in total. The molecule has 0 saturated carbocycles. The Morgan fingerprint density at radius 2 is 1.70 bits per heavy atom. The Kier molecular flexibility index (Phi) is 2.78. The van der Waals surface area contributed by atoms with Crippen LogP contribution in [0.25, 0.3) is 22.2 Å². The molecule has 2 aromatic carbocycles. The van der Waals surface area contributed by atoms with Crippen LogP contribution in [-0.4, -0.2) is 10.2 Å². The SMILES string of the molecule is CC(C)(C)c1ccc(-c2n[nH]c3cccc(N)c23)cc1. The fourth-order valence-corrected chi connectivity index (χ4v) is 2.44. The number of fused-ring (bicyclic) bond motifs is 1. The lowest BCUT2D eigenvalue weighted by molar-refractivity contribution is 0.590. The summed E-state index contributed by atoms with van der Waals surface area (Å²) in [4.78, 5) is 0. The molecule has 0 aliphatic carbocycles. The van der Waals surface area contributed by atoms with Crippen LogP contribution in [0.4, 0.5) is 5.69 Å². The predicted octanol–water partition coefficient (Wildman–Crippen LogP) is 4.11. The molecule has 3 heteroatoms. The number of rotatable bonds is 1. The minimum atomic E-state index is 0.158. The molecule has 0 bridgehead atoms. The molecular weight excluding hydrogens is 246 g/mol. The van der Waals surface area contributed by atoms with Gasteiger partial charge >= 0.3 is 0 Å². The lowest BCUT2D eigenvalue weighted by Crippen LogP contribution is -2.10. The molecule has 3 rings (SSSR count). The molecule has 0 saturated heterocycles. The number of nitrogen functional groups attached to an aromatic ring is 1. The summed E-state index contributed by atoms with van der Waals surface area (Å²) in [5.74, 6) is 0. The van der Waals surface area contributed by atoms with E-state index in [4.69, 9.17) is 5.73 Å². The number of aromatic nitrogens is 2. The van der Waals surface area contributed by atoms with E-state index in [9.17, 15) is 0 Å². The lowest BCUT2D eigenvalue weighted by atomic mass is 9.86. The Hall–Kier alpha value is -2.29. The Labute approximate surface area is 118 Å². The molecule has 0 fully saturated rings. The van der Waals surface area contributed by atoms with E-state index in [2.05, 4.69) is 55.2 Å². The normalized spacial score (nSPS) is 11.9. The van der Waals surface area contributed by atoms with Crippen LogP contribution in [0.3, 0.4) is 0 Å². The van der Waals surface area contributed by atoms with Crippen molar-refractivity contribution in [2.75, 3.05) is 5.73 Å². The van der Waals surface area contributed by atoms with Crippen molar-refractivity contribution in [1.82, 2.24) is 10.2 Å². The molecule has 1 aromatic heterocycles. The fraction of sp³-hybridized carbons (Fsp3) is 0.235. The molecule has 102 valence electrons. The van der Waals surface area contributed by atoms with Crippen molar-refractivity contribution in [2.45, 2.75) is 26.2 Å². The van der Waals surface area contributed by atoms with Crippen LogP contribution >= 0.6 is 0 Å². The monoisotopic (exact) mass is 265 g/mol. The Morgan fingerprint density at radius 3 is 2.35 bits per heavy atom. The number of aromatic amines is 1. The maximum atomic E-state index is 6.08. The largest absolute Gasteiger partial charge is 0.398 e. The van der Waals surface area contributed by atoms with Crippen molar-refractivity contribution >= 4 is 16.6 Å². The number of hydrogen-bond donors (Lipinski definition) is 2. The van der Waals surface area contributed by atoms with Crippen LogP contribution in [0.15, 0.2) is 42.5 Å². The highest BCUT2D eigenvalue weighted by molar-refractivity contribution is 6.01. The van der Waals surface area contributed by atoms with Gasteiger partial charge in [0, 0.05) is 11.3 Å². The van der Waals surface area contributed by atoms with Gasteiger partial charge in [-0.15, -0.1) is 0 Å². The summed E-state index contributed by atoms with van der Waals surface area (Å²) in [6.07, 6.45) is 0. The van der Waals surface area contributed by atoms with Crippen LogP contribution in [0, 0.1) is 0 Å². The molecule has 0 unspecified atom stereocenters. The third-order valence-electron chi connectivity index (χ3n) is 3.65. The maximum absolute atomic E-state index is 6.08. The molecule has 0 atom stereocenters. The van der Waals surface area contributed by atoms with E-state index in [1.165, 1.54) is 5.56 Å². The average molecular weight is 265 g/mol. The molecule has 3 N–H and O–H groups in total. The average Bonchev–Trinajstić information content (AvgIpc) is 2.83. The zero-order chi connectivity index (χ0) is 14.3. The van der Waals surface area contributed by atoms with Crippen molar-refractivity contribution in [3.63, 3.8) is 0 Å². The summed E-state index contributed by atoms with van der Waals surface area (Å²) < 4.78 is 0. The van der Waals surface area contributed by atoms with Crippen molar-refractivity contribution in [3.05, 3.63) is 48.0 Å².